The van der Waals surface area contributed by atoms with Crippen molar-refractivity contribution in [3.8, 4) is 0 Å². The molecule has 0 atom stereocenters. The monoisotopic (exact) mass is 415 g/mol. The number of nitrogens with zero attached hydrogens (tertiary/aromatic N) is 1. The van der Waals surface area contributed by atoms with Crippen molar-refractivity contribution in [3.63, 3.8) is 0 Å². The van der Waals surface area contributed by atoms with E-state index in [0.29, 0.717) is 0 Å². The SMILES string of the molecule is COC(=O)C(=O)N(Cc1ccc(Br)cc1)c1c(Cl)cccc1Cl. The van der Waals surface area contributed by atoms with Crippen molar-refractivity contribution in [1.82, 2.24) is 0 Å². The van der Waals surface area contributed by atoms with Gasteiger partial charge < -0.3 is 4.74 Å². The van der Waals surface area contributed by atoms with Gasteiger partial charge in [-0.25, -0.2) is 4.79 Å². The predicted molar refractivity (Wildman–Crippen MR) is 93.8 cm³/mol. The molecule has 0 aliphatic rings. The molecule has 2 rings (SSSR count). The number of rotatable bonds is 3. The fourth-order valence-electron chi connectivity index (χ4n) is 1.97. The number of ether oxygens (including phenoxy) is 1. The third kappa shape index (κ3) is 4.25. The van der Waals surface area contributed by atoms with E-state index in [9.17, 15) is 9.59 Å². The number of carbonyl (C=O) groups excluding carboxylic acids is 2. The average Bonchev–Trinajstić information content (AvgIpc) is 2.54. The summed E-state index contributed by atoms with van der Waals surface area (Å²) in [5.41, 5.74) is 1.08. The highest BCUT2D eigenvalue weighted by atomic mass is 79.9. The van der Waals surface area contributed by atoms with E-state index >= 15 is 0 Å². The third-order valence-electron chi connectivity index (χ3n) is 3.07. The Balaban J connectivity index is 2.45. The van der Waals surface area contributed by atoms with Crippen LogP contribution in [0, 0.1) is 0 Å². The van der Waals surface area contributed by atoms with Crippen molar-refractivity contribution in [1.29, 1.82) is 0 Å². The standard InChI is InChI=1S/C16H12BrCl2NO3/c1-23-16(22)15(21)20(9-10-5-7-11(17)8-6-10)14-12(18)3-2-4-13(14)19/h2-8H,9H2,1H3. The average molecular weight is 417 g/mol. The van der Waals surface area contributed by atoms with E-state index in [2.05, 4.69) is 20.7 Å². The quantitative estimate of drug-likeness (QED) is 0.548. The first-order valence-electron chi connectivity index (χ1n) is 6.52. The number of benzene rings is 2. The van der Waals surface area contributed by atoms with E-state index in [1.165, 1.54) is 4.90 Å². The van der Waals surface area contributed by atoms with Gasteiger partial charge in [-0.3, -0.25) is 9.69 Å². The molecule has 0 saturated carbocycles. The molecule has 120 valence electrons. The van der Waals surface area contributed by atoms with Crippen molar-refractivity contribution in [3.05, 3.63) is 62.5 Å². The van der Waals surface area contributed by atoms with Gasteiger partial charge in [0.15, 0.2) is 0 Å². The maximum atomic E-state index is 12.4. The Kier molecular flexibility index (Phi) is 6.04. The summed E-state index contributed by atoms with van der Waals surface area (Å²) in [5, 5.41) is 0.540. The molecule has 0 aromatic heterocycles. The summed E-state index contributed by atoms with van der Waals surface area (Å²) in [7, 11) is 1.15. The Bertz CT molecular complexity index is 714. The van der Waals surface area contributed by atoms with Gasteiger partial charge in [0.1, 0.15) is 0 Å². The number of esters is 1. The Morgan fingerprint density at radius 2 is 1.65 bits per heavy atom. The van der Waals surface area contributed by atoms with Crippen LogP contribution in [0.5, 0.6) is 0 Å². The largest absolute Gasteiger partial charge is 0.462 e. The normalized spacial score (nSPS) is 10.3. The Morgan fingerprint density at radius 3 is 2.17 bits per heavy atom. The van der Waals surface area contributed by atoms with E-state index in [1.54, 1.807) is 18.2 Å². The lowest BCUT2D eigenvalue weighted by Gasteiger charge is -2.23. The lowest BCUT2D eigenvalue weighted by atomic mass is 10.2. The summed E-state index contributed by atoms with van der Waals surface area (Å²) in [6.45, 7) is 0.130. The van der Waals surface area contributed by atoms with Gasteiger partial charge in [0.2, 0.25) is 0 Å². The van der Waals surface area contributed by atoms with Gasteiger partial charge in [0, 0.05) is 4.47 Å². The van der Waals surface area contributed by atoms with E-state index < -0.39 is 11.9 Å². The zero-order chi connectivity index (χ0) is 17.0. The number of para-hydroxylation sites is 1. The fourth-order valence-corrected chi connectivity index (χ4v) is 2.83. The molecule has 0 aliphatic heterocycles. The topological polar surface area (TPSA) is 46.6 Å². The molecule has 0 radical (unpaired) electrons. The van der Waals surface area contributed by atoms with Crippen LogP contribution in [-0.4, -0.2) is 19.0 Å². The molecule has 0 spiro atoms. The van der Waals surface area contributed by atoms with Crippen molar-refractivity contribution in [2.45, 2.75) is 6.54 Å². The molecular formula is C16H12BrCl2NO3. The van der Waals surface area contributed by atoms with Gasteiger partial charge in [-0.2, -0.15) is 0 Å². The number of anilines is 1. The summed E-state index contributed by atoms with van der Waals surface area (Å²) >= 11 is 15.7. The van der Waals surface area contributed by atoms with E-state index in [0.717, 1.165) is 17.1 Å². The van der Waals surface area contributed by atoms with Gasteiger partial charge in [-0.05, 0) is 29.8 Å². The number of halogens is 3. The predicted octanol–water partition coefficient (Wildman–Crippen LogP) is 4.46. The Hall–Kier alpha value is -1.56. The highest BCUT2D eigenvalue weighted by Crippen LogP contribution is 2.34. The molecule has 23 heavy (non-hydrogen) atoms. The van der Waals surface area contributed by atoms with Crippen LogP contribution in [0.25, 0.3) is 0 Å². The summed E-state index contributed by atoms with van der Waals surface area (Å²) in [6.07, 6.45) is 0. The van der Waals surface area contributed by atoms with Gasteiger partial charge in [-0.1, -0.05) is 57.3 Å². The highest BCUT2D eigenvalue weighted by molar-refractivity contribution is 9.10. The molecule has 4 nitrogen and oxygen atoms in total. The minimum atomic E-state index is -0.988. The Morgan fingerprint density at radius 1 is 1.09 bits per heavy atom. The van der Waals surface area contributed by atoms with Crippen LogP contribution in [0.3, 0.4) is 0 Å². The highest BCUT2D eigenvalue weighted by Gasteiger charge is 2.27. The second-order valence-electron chi connectivity index (χ2n) is 4.58. The summed E-state index contributed by atoms with van der Waals surface area (Å²) in [5.74, 6) is -1.83. The van der Waals surface area contributed by atoms with Crippen LogP contribution < -0.4 is 4.90 Å². The zero-order valence-corrected chi connectivity index (χ0v) is 15.2. The minimum absolute atomic E-state index is 0.130. The van der Waals surface area contributed by atoms with Crippen molar-refractivity contribution in [2.75, 3.05) is 12.0 Å². The lowest BCUT2D eigenvalue weighted by Crippen LogP contribution is -2.37. The molecule has 0 unspecified atom stereocenters. The maximum absolute atomic E-state index is 12.4. The number of hydrogen-bond acceptors (Lipinski definition) is 3. The van der Waals surface area contributed by atoms with Gasteiger partial charge in [-0.15, -0.1) is 0 Å². The first-order chi connectivity index (χ1) is 10.9. The molecule has 1 amide bonds. The molecule has 0 heterocycles. The molecular weight excluding hydrogens is 405 g/mol. The molecule has 7 heteroatoms. The molecule has 0 saturated heterocycles. The van der Waals surface area contributed by atoms with E-state index in [4.69, 9.17) is 23.2 Å². The summed E-state index contributed by atoms with van der Waals surface area (Å²) < 4.78 is 5.43. The van der Waals surface area contributed by atoms with Gasteiger partial charge in [0.25, 0.3) is 0 Å². The van der Waals surface area contributed by atoms with Crippen LogP contribution in [0.15, 0.2) is 46.9 Å². The maximum Gasteiger partial charge on any atom is 0.397 e. The first kappa shape index (κ1) is 17.8. The summed E-state index contributed by atoms with van der Waals surface area (Å²) in [4.78, 5) is 25.3. The Labute approximate surface area is 152 Å². The third-order valence-corrected chi connectivity index (χ3v) is 4.21. The molecule has 0 fully saturated rings. The molecule has 0 bridgehead atoms. The molecule has 0 N–H and O–H groups in total. The van der Waals surface area contributed by atoms with Crippen molar-refractivity contribution >= 4 is 56.7 Å². The molecule has 2 aromatic carbocycles. The smallest absolute Gasteiger partial charge is 0.397 e. The zero-order valence-electron chi connectivity index (χ0n) is 12.1. The number of carbonyl (C=O) groups is 2. The van der Waals surface area contributed by atoms with Crippen molar-refractivity contribution in [2.24, 2.45) is 0 Å². The number of methoxy groups -OCH3 is 1. The van der Waals surface area contributed by atoms with Crippen LogP contribution >= 0.6 is 39.1 Å². The fraction of sp³-hybridized carbons (Fsp3) is 0.125. The van der Waals surface area contributed by atoms with Gasteiger partial charge >= 0.3 is 11.9 Å². The molecule has 0 aliphatic carbocycles. The van der Waals surface area contributed by atoms with E-state index in [-0.39, 0.29) is 22.3 Å². The van der Waals surface area contributed by atoms with Gasteiger partial charge in [0.05, 0.1) is 29.4 Å². The first-order valence-corrected chi connectivity index (χ1v) is 8.07. The van der Waals surface area contributed by atoms with E-state index in [1.807, 2.05) is 24.3 Å². The second kappa shape index (κ2) is 7.81. The lowest BCUT2D eigenvalue weighted by molar-refractivity contribution is -0.151. The molecule has 2 aromatic rings. The van der Waals surface area contributed by atoms with Crippen LogP contribution in [0.4, 0.5) is 5.69 Å². The second-order valence-corrected chi connectivity index (χ2v) is 6.31. The van der Waals surface area contributed by atoms with Crippen molar-refractivity contribution < 1.29 is 14.3 Å². The number of hydrogen-bond donors (Lipinski definition) is 0. The minimum Gasteiger partial charge on any atom is -0.462 e. The van der Waals surface area contributed by atoms with Crippen LogP contribution in [-0.2, 0) is 20.9 Å². The van der Waals surface area contributed by atoms with Crippen LogP contribution in [0.1, 0.15) is 5.56 Å². The summed E-state index contributed by atoms with van der Waals surface area (Å²) in [6, 6.07) is 12.2. The van der Waals surface area contributed by atoms with Crippen LogP contribution in [0.2, 0.25) is 10.0 Å². The number of amides is 1.